The first-order valence-corrected chi connectivity index (χ1v) is 5.33. The number of aromatic nitrogens is 1. The highest BCUT2D eigenvalue weighted by atomic mass is 16.2. The van der Waals surface area contributed by atoms with E-state index in [1.54, 1.807) is 0 Å². The van der Waals surface area contributed by atoms with Gasteiger partial charge in [0.2, 0.25) is 0 Å². The number of carbonyl (C=O) groups excluding carboxylic acids is 1. The van der Waals surface area contributed by atoms with Crippen LogP contribution < -0.4 is 11.1 Å². The lowest BCUT2D eigenvalue weighted by Gasteiger charge is -2.12. The van der Waals surface area contributed by atoms with E-state index in [0.717, 1.165) is 6.42 Å². The number of amides is 1. The Balaban J connectivity index is 2.07. The molecule has 1 aromatic heterocycles. The molecule has 2 unspecified atom stereocenters. The molecule has 0 aliphatic heterocycles. The van der Waals surface area contributed by atoms with Crippen molar-refractivity contribution in [1.29, 1.82) is 0 Å². The molecule has 82 valence electrons. The van der Waals surface area contributed by atoms with E-state index in [0.29, 0.717) is 11.7 Å². The number of hydrogen-bond donors (Lipinski definition) is 2. The summed E-state index contributed by atoms with van der Waals surface area (Å²) in [6, 6.07) is 4.35. The van der Waals surface area contributed by atoms with Gasteiger partial charge in [-0.15, -0.1) is 0 Å². The molecule has 1 amide bonds. The van der Waals surface area contributed by atoms with E-state index < -0.39 is 0 Å². The van der Waals surface area contributed by atoms with Crippen LogP contribution in [0.3, 0.4) is 0 Å². The van der Waals surface area contributed by atoms with Crippen LogP contribution in [0.2, 0.25) is 0 Å². The summed E-state index contributed by atoms with van der Waals surface area (Å²) >= 11 is 0. The second kappa shape index (κ2) is 3.70. The SMILES string of the molecule is CC(C)n1cccc1C(=O)NC1CC1N. The first-order chi connectivity index (χ1) is 7.09. The minimum absolute atomic E-state index is 0.0216. The average molecular weight is 207 g/mol. The molecule has 1 fully saturated rings. The third-order valence-corrected chi connectivity index (χ3v) is 2.72. The Labute approximate surface area is 89.5 Å². The molecule has 4 heteroatoms. The molecule has 15 heavy (non-hydrogen) atoms. The Bertz CT molecular complexity index is 370. The van der Waals surface area contributed by atoms with E-state index in [9.17, 15) is 4.79 Å². The summed E-state index contributed by atoms with van der Waals surface area (Å²) in [4.78, 5) is 11.8. The first-order valence-electron chi connectivity index (χ1n) is 5.33. The highest BCUT2D eigenvalue weighted by Crippen LogP contribution is 2.19. The second-order valence-corrected chi connectivity index (χ2v) is 4.37. The highest BCUT2D eigenvalue weighted by molar-refractivity contribution is 5.93. The fourth-order valence-corrected chi connectivity index (χ4v) is 1.66. The molecule has 1 aliphatic carbocycles. The number of hydrogen-bond acceptors (Lipinski definition) is 2. The molecule has 0 aromatic carbocycles. The monoisotopic (exact) mass is 207 g/mol. The van der Waals surface area contributed by atoms with Crippen molar-refractivity contribution in [2.24, 2.45) is 5.73 Å². The molecule has 0 bridgehead atoms. The van der Waals surface area contributed by atoms with E-state index in [-0.39, 0.29) is 18.0 Å². The summed E-state index contributed by atoms with van der Waals surface area (Å²) in [5.74, 6) is -0.0216. The van der Waals surface area contributed by atoms with Gasteiger partial charge in [-0.05, 0) is 32.4 Å². The normalized spacial score (nSPS) is 24.3. The third-order valence-electron chi connectivity index (χ3n) is 2.72. The zero-order chi connectivity index (χ0) is 11.0. The lowest BCUT2D eigenvalue weighted by Crippen LogP contribution is -2.31. The molecule has 1 saturated carbocycles. The van der Waals surface area contributed by atoms with Crippen molar-refractivity contribution in [2.75, 3.05) is 0 Å². The molecule has 2 rings (SSSR count). The molecule has 0 saturated heterocycles. The van der Waals surface area contributed by atoms with Gasteiger partial charge in [0.05, 0.1) is 0 Å². The Morgan fingerprint density at radius 3 is 2.87 bits per heavy atom. The van der Waals surface area contributed by atoms with Crippen molar-refractivity contribution in [3.8, 4) is 0 Å². The highest BCUT2D eigenvalue weighted by Gasteiger charge is 2.35. The molecule has 1 aliphatic rings. The number of rotatable bonds is 3. The smallest absolute Gasteiger partial charge is 0.268 e. The quantitative estimate of drug-likeness (QED) is 0.773. The number of nitrogens with one attached hydrogen (secondary N) is 1. The van der Waals surface area contributed by atoms with Crippen LogP contribution in [0.4, 0.5) is 0 Å². The fraction of sp³-hybridized carbons (Fsp3) is 0.545. The van der Waals surface area contributed by atoms with Gasteiger partial charge in [0.15, 0.2) is 0 Å². The lowest BCUT2D eigenvalue weighted by atomic mass is 10.3. The van der Waals surface area contributed by atoms with E-state index in [2.05, 4.69) is 19.2 Å². The van der Waals surface area contributed by atoms with Gasteiger partial charge in [-0.3, -0.25) is 4.79 Å². The number of carbonyl (C=O) groups is 1. The van der Waals surface area contributed by atoms with Gasteiger partial charge >= 0.3 is 0 Å². The van der Waals surface area contributed by atoms with Crippen LogP contribution in [0.5, 0.6) is 0 Å². The minimum atomic E-state index is -0.0216. The molecule has 2 atom stereocenters. The largest absolute Gasteiger partial charge is 0.346 e. The predicted molar refractivity (Wildman–Crippen MR) is 58.7 cm³/mol. The van der Waals surface area contributed by atoms with Crippen LogP contribution in [0.25, 0.3) is 0 Å². The maximum absolute atomic E-state index is 11.8. The zero-order valence-corrected chi connectivity index (χ0v) is 9.10. The van der Waals surface area contributed by atoms with E-state index in [1.165, 1.54) is 0 Å². The van der Waals surface area contributed by atoms with Crippen LogP contribution in [-0.4, -0.2) is 22.6 Å². The van der Waals surface area contributed by atoms with Crippen LogP contribution in [-0.2, 0) is 0 Å². The molecular formula is C11H17N3O. The first kappa shape index (κ1) is 10.2. The van der Waals surface area contributed by atoms with Crippen molar-refractivity contribution < 1.29 is 4.79 Å². The predicted octanol–water partition coefficient (Wildman–Crippen LogP) is 0.898. The van der Waals surface area contributed by atoms with Gasteiger partial charge in [-0.25, -0.2) is 0 Å². The fourth-order valence-electron chi connectivity index (χ4n) is 1.66. The summed E-state index contributed by atoms with van der Waals surface area (Å²) in [6.07, 6.45) is 2.82. The Morgan fingerprint density at radius 2 is 2.33 bits per heavy atom. The molecule has 1 heterocycles. The van der Waals surface area contributed by atoms with E-state index >= 15 is 0 Å². The van der Waals surface area contributed by atoms with Crippen LogP contribution >= 0.6 is 0 Å². The average Bonchev–Trinajstić information content (AvgIpc) is 2.71. The third kappa shape index (κ3) is 2.04. The van der Waals surface area contributed by atoms with Crippen LogP contribution in [0.1, 0.15) is 36.8 Å². The maximum Gasteiger partial charge on any atom is 0.268 e. The lowest BCUT2D eigenvalue weighted by molar-refractivity contribution is 0.0939. The van der Waals surface area contributed by atoms with Crippen molar-refractivity contribution in [1.82, 2.24) is 9.88 Å². The van der Waals surface area contributed by atoms with E-state index in [1.807, 2.05) is 22.9 Å². The second-order valence-electron chi connectivity index (χ2n) is 4.37. The van der Waals surface area contributed by atoms with Crippen molar-refractivity contribution in [2.45, 2.75) is 38.4 Å². The van der Waals surface area contributed by atoms with Gasteiger partial charge in [0.25, 0.3) is 5.91 Å². The van der Waals surface area contributed by atoms with Crippen molar-refractivity contribution >= 4 is 5.91 Å². The molecule has 0 radical (unpaired) electrons. The number of nitrogens with zero attached hydrogens (tertiary/aromatic N) is 1. The van der Waals surface area contributed by atoms with Crippen molar-refractivity contribution in [3.05, 3.63) is 24.0 Å². The molecular weight excluding hydrogens is 190 g/mol. The van der Waals surface area contributed by atoms with Gasteiger partial charge in [0.1, 0.15) is 5.69 Å². The minimum Gasteiger partial charge on any atom is -0.346 e. The summed E-state index contributed by atoms with van der Waals surface area (Å²) in [6.45, 7) is 4.11. The standard InChI is InChI=1S/C11H17N3O/c1-7(2)14-5-3-4-10(14)11(15)13-9-6-8(9)12/h3-5,7-9H,6,12H2,1-2H3,(H,13,15). The topological polar surface area (TPSA) is 60.0 Å². The Hall–Kier alpha value is -1.29. The van der Waals surface area contributed by atoms with E-state index in [4.69, 9.17) is 5.73 Å². The van der Waals surface area contributed by atoms with Crippen LogP contribution in [0, 0.1) is 0 Å². The van der Waals surface area contributed by atoms with Gasteiger partial charge in [-0.2, -0.15) is 0 Å². The Morgan fingerprint density at radius 1 is 1.67 bits per heavy atom. The van der Waals surface area contributed by atoms with Gasteiger partial charge in [0, 0.05) is 24.3 Å². The molecule has 1 aromatic rings. The van der Waals surface area contributed by atoms with Crippen LogP contribution in [0.15, 0.2) is 18.3 Å². The molecule has 0 spiro atoms. The molecule has 3 N–H and O–H groups in total. The Kier molecular flexibility index (Phi) is 2.52. The van der Waals surface area contributed by atoms with Gasteiger partial charge in [-0.1, -0.05) is 0 Å². The van der Waals surface area contributed by atoms with Crippen molar-refractivity contribution in [3.63, 3.8) is 0 Å². The zero-order valence-electron chi connectivity index (χ0n) is 9.10. The number of nitrogens with two attached hydrogens (primary N) is 1. The summed E-state index contributed by atoms with van der Waals surface area (Å²) in [5, 5.41) is 2.92. The summed E-state index contributed by atoms with van der Waals surface area (Å²) in [5.41, 5.74) is 6.36. The molecule has 4 nitrogen and oxygen atoms in total. The summed E-state index contributed by atoms with van der Waals surface area (Å²) in [7, 11) is 0. The summed E-state index contributed by atoms with van der Waals surface area (Å²) < 4.78 is 1.96. The maximum atomic E-state index is 11.8. The van der Waals surface area contributed by atoms with Gasteiger partial charge < -0.3 is 15.6 Å².